The average molecular weight is 295 g/mol. The first kappa shape index (κ1) is 15.0. The van der Waals surface area contributed by atoms with Crippen LogP contribution >= 0.6 is 11.3 Å². The maximum atomic E-state index is 12.2. The second-order valence-corrected chi connectivity index (χ2v) is 6.85. The molecule has 1 aromatic rings. The third-order valence-corrected chi connectivity index (χ3v) is 4.96. The highest BCUT2D eigenvalue weighted by Gasteiger charge is 2.21. The van der Waals surface area contributed by atoms with E-state index in [9.17, 15) is 9.59 Å². The molecule has 0 spiro atoms. The topological polar surface area (TPSA) is 66.4 Å². The summed E-state index contributed by atoms with van der Waals surface area (Å²) in [7, 11) is 0. The molecular formula is C15H21NO3S. The molecule has 0 aliphatic heterocycles. The molecule has 0 fully saturated rings. The molecule has 110 valence electrons. The van der Waals surface area contributed by atoms with Gasteiger partial charge in [-0.25, -0.2) is 0 Å². The summed E-state index contributed by atoms with van der Waals surface area (Å²) >= 11 is 1.58. The third kappa shape index (κ3) is 3.82. The van der Waals surface area contributed by atoms with Crippen molar-refractivity contribution in [3.05, 3.63) is 21.4 Å². The summed E-state index contributed by atoms with van der Waals surface area (Å²) in [6.07, 6.45) is 3.88. The van der Waals surface area contributed by atoms with Crippen LogP contribution in [-0.2, 0) is 17.6 Å². The van der Waals surface area contributed by atoms with Crippen LogP contribution in [0.5, 0.6) is 0 Å². The Kier molecular flexibility index (Phi) is 4.81. The Labute approximate surface area is 123 Å². The largest absolute Gasteiger partial charge is 0.481 e. The summed E-state index contributed by atoms with van der Waals surface area (Å²) in [5.74, 6) is -0.205. The van der Waals surface area contributed by atoms with Crippen LogP contribution in [0.4, 0.5) is 0 Å². The zero-order chi connectivity index (χ0) is 14.7. The van der Waals surface area contributed by atoms with Crippen LogP contribution in [0.2, 0.25) is 0 Å². The molecule has 5 heteroatoms. The van der Waals surface area contributed by atoms with Crippen molar-refractivity contribution >= 4 is 23.2 Å². The normalized spacial score (nSPS) is 19.2. The van der Waals surface area contributed by atoms with Gasteiger partial charge in [-0.05, 0) is 50.2 Å². The summed E-state index contributed by atoms with van der Waals surface area (Å²) in [5.41, 5.74) is 1.32. The van der Waals surface area contributed by atoms with E-state index in [0.29, 0.717) is 12.3 Å². The van der Waals surface area contributed by atoms with Crippen molar-refractivity contribution in [2.24, 2.45) is 5.92 Å². The molecule has 0 bridgehead atoms. The van der Waals surface area contributed by atoms with E-state index in [-0.39, 0.29) is 18.4 Å². The number of thiophene rings is 1. The smallest absolute Gasteiger partial charge is 0.303 e. The standard InChI is InChI=1S/C15H21NO3S/c1-9-3-5-12-11(7-9)8-13(20-12)15(19)16-10(2)4-6-14(17)18/h8-10H,3-7H2,1-2H3,(H,16,19)(H,17,18). The Balaban J connectivity index is 1.94. The lowest BCUT2D eigenvalue weighted by molar-refractivity contribution is -0.137. The highest BCUT2D eigenvalue weighted by atomic mass is 32.1. The Bertz CT molecular complexity index is 509. The van der Waals surface area contributed by atoms with Crippen LogP contribution in [-0.4, -0.2) is 23.0 Å². The van der Waals surface area contributed by atoms with Gasteiger partial charge in [0.25, 0.3) is 5.91 Å². The highest BCUT2D eigenvalue weighted by molar-refractivity contribution is 7.14. The van der Waals surface area contributed by atoms with Gasteiger partial charge in [0, 0.05) is 17.3 Å². The Morgan fingerprint density at radius 3 is 3.00 bits per heavy atom. The number of carbonyl (C=O) groups is 2. The molecule has 1 amide bonds. The van der Waals surface area contributed by atoms with Gasteiger partial charge in [0.1, 0.15) is 0 Å². The second-order valence-electron chi connectivity index (χ2n) is 5.71. The van der Waals surface area contributed by atoms with Crippen molar-refractivity contribution in [1.29, 1.82) is 0 Å². The van der Waals surface area contributed by atoms with Crippen LogP contribution in [0.15, 0.2) is 6.07 Å². The predicted octanol–water partition coefficient (Wildman–Crippen LogP) is 2.86. The van der Waals surface area contributed by atoms with Gasteiger partial charge in [-0.15, -0.1) is 11.3 Å². The first-order chi connectivity index (χ1) is 9.45. The third-order valence-electron chi connectivity index (χ3n) is 3.72. The number of hydrogen-bond acceptors (Lipinski definition) is 3. The van der Waals surface area contributed by atoms with Crippen LogP contribution in [0, 0.1) is 5.92 Å². The number of hydrogen-bond donors (Lipinski definition) is 2. The van der Waals surface area contributed by atoms with Gasteiger partial charge in [-0.3, -0.25) is 9.59 Å². The molecule has 1 aliphatic carbocycles. The first-order valence-electron chi connectivity index (χ1n) is 7.10. The van der Waals surface area contributed by atoms with Crippen molar-refractivity contribution in [2.45, 2.75) is 52.0 Å². The van der Waals surface area contributed by atoms with Crippen LogP contribution in [0.25, 0.3) is 0 Å². The van der Waals surface area contributed by atoms with Gasteiger partial charge in [0.2, 0.25) is 0 Å². The average Bonchev–Trinajstić information content (AvgIpc) is 2.79. The maximum absolute atomic E-state index is 12.2. The molecule has 1 aliphatic rings. The molecule has 1 heterocycles. The van der Waals surface area contributed by atoms with E-state index in [1.807, 2.05) is 13.0 Å². The number of aliphatic carboxylic acids is 1. The van der Waals surface area contributed by atoms with E-state index < -0.39 is 5.97 Å². The maximum Gasteiger partial charge on any atom is 0.303 e. The van der Waals surface area contributed by atoms with Gasteiger partial charge >= 0.3 is 5.97 Å². The molecule has 2 N–H and O–H groups in total. The van der Waals surface area contributed by atoms with Gasteiger partial charge in [-0.2, -0.15) is 0 Å². The van der Waals surface area contributed by atoms with Gasteiger partial charge < -0.3 is 10.4 Å². The van der Waals surface area contributed by atoms with Crippen molar-refractivity contribution in [3.8, 4) is 0 Å². The van der Waals surface area contributed by atoms with Crippen LogP contribution in [0.1, 0.15) is 53.2 Å². The molecule has 2 rings (SSSR count). The number of aryl methyl sites for hydroxylation is 1. The summed E-state index contributed by atoms with van der Waals surface area (Å²) in [6, 6.07) is 1.89. The van der Waals surface area contributed by atoms with E-state index in [2.05, 4.69) is 12.2 Å². The Hall–Kier alpha value is -1.36. The van der Waals surface area contributed by atoms with Crippen molar-refractivity contribution in [3.63, 3.8) is 0 Å². The highest BCUT2D eigenvalue weighted by Crippen LogP contribution is 2.32. The number of nitrogens with one attached hydrogen (secondary N) is 1. The zero-order valence-corrected chi connectivity index (χ0v) is 12.8. The van der Waals surface area contributed by atoms with E-state index in [4.69, 9.17) is 5.11 Å². The molecule has 0 aromatic carbocycles. The quantitative estimate of drug-likeness (QED) is 0.878. The minimum Gasteiger partial charge on any atom is -0.481 e. The Morgan fingerprint density at radius 2 is 2.30 bits per heavy atom. The van der Waals surface area contributed by atoms with Crippen LogP contribution < -0.4 is 5.32 Å². The van der Waals surface area contributed by atoms with Crippen molar-refractivity contribution in [1.82, 2.24) is 5.32 Å². The summed E-state index contributed by atoms with van der Waals surface area (Å²) in [4.78, 5) is 24.8. The second kappa shape index (κ2) is 6.39. The number of carboxylic acids is 1. The van der Waals surface area contributed by atoms with Crippen molar-refractivity contribution in [2.75, 3.05) is 0 Å². The lowest BCUT2D eigenvalue weighted by atomic mass is 9.90. The van der Waals surface area contributed by atoms with E-state index in [1.165, 1.54) is 16.9 Å². The fraction of sp³-hybridized carbons (Fsp3) is 0.600. The predicted molar refractivity (Wildman–Crippen MR) is 79.3 cm³/mol. The summed E-state index contributed by atoms with van der Waals surface area (Å²) < 4.78 is 0. The lowest BCUT2D eigenvalue weighted by Crippen LogP contribution is -2.32. The monoisotopic (exact) mass is 295 g/mol. The lowest BCUT2D eigenvalue weighted by Gasteiger charge is -2.16. The van der Waals surface area contributed by atoms with Crippen molar-refractivity contribution < 1.29 is 14.7 Å². The molecule has 20 heavy (non-hydrogen) atoms. The molecule has 0 saturated heterocycles. The minimum absolute atomic E-state index is 0.0741. The summed E-state index contributed by atoms with van der Waals surface area (Å²) in [5, 5.41) is 11.5. The van der Waals surface area contributed by atoms with E-state index in [1.54, 1.807) is 11.3 Å². The molecule has 0 radical (unpaired) electrons. The first-order valence-corrected chi connectivity index (χ1v) is 7.91. The zero-order valence-electron chi connectivity index (χ0n) is 11.9. The molecule has 2 unspecified atom stereocenters. The van der Waals surface area contributed by atoms with Gasteiger partial charge in [0.15, 0.2) is 0 Å². The molecular weight excluding hydrogens is 274 g/mol. The number of carboxylic acid groups (broad SMARTS) is 1. The molecule has 1 aromatic heterocycles. The molecule has 2 atom stereocenters. The fourth-order valence-electron chi connectivity index (χ4n) is 2.52. The number of rotatable bonds is 5. The number of carbonyl (C=O) groups excluding carboxylic acids is 1. The summed E-state index contributed by atoms with van der Waals surface area (Å²) in [6.45, 7) is 4.09. The minimum atomic E-state index is -0.827. The number of amides is 1. The van der Waals surface area contributed by atoms with Gasteiger partial charge in [-0.1, -0.05) is 6.92 Å². The SMILES string of the molecule is CC1CCc2sc(C(=O)NC(C)CCC(=O)O)cc2C1. The fourth-order valence-corrected chi connectivity index (χ4v) is 3.64. The van der Waals surface area contributed by atoms with E-state index >= 15 is 0 Å². The number of fused-ring (bicyclic) bond motifs is 1. The molecule has 4 nitrogen and oxygen atoms in total. The van der Waals surface area contributed by atoms with E-state index in [0.717, 1.165) is 17.7 Å². The van der Waals surface area contributed by atoms with Gasteiger partial charge in [0.05, 0.1) is 4.88 Å². The molecule has 0 saturated carbocycles. The van der Waals surface area contributed by atoms with Crippen LogP contribution in [0.3, 0.4) is 0 Å². The Morgan fingerprint density at radius 1 is 1.55 bits per heavy atom.